The molecule has 5 atom stereocenters. The van der Waals surface area contributed by atoms with Gasteiger partial charge < -0.3 is 37.6 Å². The summed E-state index contributed by atoms with van der Waals surface area (Å²) in [5, 5.41) is 25.5. The zero-order valence-electron chi connectivity index (χ0n) is 17.7. The van der Waals surface area contributed by atoms with Crippen LogP contribution in [0, 0.1) is 5.92 Å². The van der Waals surface area contributed by atoms with Crippen LogP contribution in [0.15, 0.2) is 0 Å². The van der Waals surface area contributed by atoms with Gasteiger partial charge in [-0.1, -0.05) is 13.8 Å². The average Bonchev–Trinajstić information content (AvgIpc) is 2.61. The molecule has 12 nitrogen and oxygen atoms in total. The van der Waals surface area contributed by atoms with Crippen LogP contribution in [0.4, 0.5) is 0 Å². The number of hydrogen-bond donors (Lipinski definition) is 7. The standard InChI is InChI=1S/C18H33N5O7/c1-8(2)7-12(22-16(27)11(19)5-6-13(20)25)17(28)21-9(3)15(26)23-14(10(4)24)18(29)30/h8-12,14,24H,5-7,19H2,1-4H3,(H2,20,25)(H,21,28)(H,22,27)(H,23,26)(H,29,30). The van der Waals surface area contributed by atoms with Crippen LogP contribution in [0.5, 0.6) is 0 Å². The molecule has 0 aromatic carbocycles. The van der Waals surface area contributed by atoms with E-state index in [1.54, 1.807) is 0 Å². The van der Waals surface area contributed by atoms with Gasteiger partial charge in [0.1, 0.15) is 12.1 Å². The molecule has 0 saturated heterocycles. The Morgan fingerprint density at radius 2 is 1.47 bits per heavy atom. The van der Waals surface area contributed by atoms with Crippen LogP contribution < -0.4 is 27.4 Å². The first-order valence-corrected chi connectivity index (χ1v) is 9.62. The van der Waals surface area contributed by atoms with Gasteiger partial charge in [0.15, 0.2) is 6.04 Å². The number of hydrogen-bond acceptors (Lipinski definition) is 7. The third-order valence-electron chi connectivity index (χ3n) is 4.18. The number of aliphatic hydroxyl groups is 1. The molecule has 0 aliphatic heterocycles. The summed E-state index contributed by atoms with van der Waals surface area (Å²) in [4.78, 5) is 58.9. The fraction of sp³-hybridized carbons (Fsp3) is 0.722. The summed E-state index contributed by atoms with van der Waals surface area (Å²) < 4.78 is 0. The zero-order valence-corrected chi connectivity index (χ0v) is 17.7. The molecule has 9 N–H and O–H groups in total. The number of nitrogens with one attached hydrogen (secondary N) is 3. The fourth-order valence-electron chi connectivity index (χ4n) is 2.46. The number of carbonyl (C=O) groups excluding carboxylic acids is 4. The average molecular weight is 431 g/mol. The Bertz CT molecular complexity index is 638. The quantitative estimate of drug-likeness (QED) is 0.166. The van der Waals surface area contributed by atoms with Crippen molar-refractivity contribution >= 4 is 29.6 Å². The molecule has 0 aliphatic rings. The Kier molecular flexibility index (Phi) is 11.6. The number of aliphatic hydroxyl groups excluding tert-OH is 1. The summed E-state index contributed by atoms with van der Waals surface area (Å²) in [5.41, 5.74) is 10.7. The van der Waals surface area contributed by atoms with Crippen molar-refractivity contribution in [2.45, 2.75) is 77.2 Å². The second-order valence-electron chi connectivity index (χ2n) is 7.60. The summed E-state index contributed by atoms with van der Waals surface area (Å²) in [5.74, 6) is -4.14. The highest BCUT2D eigenvalue weighted by Gasteiger charge is 2.30. The van der Waals surface area contributed by atoms with Gasteiger partial charge in [-0.2, -0.15) is 0 Å². The number of rotatable bonds is 13. The van der Waals surface area contributed by atoms with Gasteiger partial charge in [0.05, 0.1) is 12.1 Å². The van der Waals surface area contributed by atoms with E-state index in [0.717, 1.165) is 0 Å². The van der Waals surface area contributed by atoms with Crippen molar-refractivity contribution in [3.8, 4) is 0 Å². The van der Waals surface area contributed by atoms with Crippen LogP contribution in [0.3, 0.4) is 0 Å². The second kappa shape index (κ2) is 12.8. The molecule has 0 rings (SSSR count). The molecule has 0 aromatic rings. The highest BCUT2D eigenvalue weighted by molar-refractivity contribution is 5.94. The lowest BCUT2D eigenvalue weighted by Crippen LogP contribution is -2.57. The summed E-state index contributed by atoms with van der Waals surface area (Å²) in [6.45, 7) is 6.20. The highest BCUT2D eigenvalue weighted by atomic mass is 16.4. The Hall–Kier alpha value is -2.73. The fourth-order valence-corrected chi connectivity index (χ4v) is 2.46. The van der Waals surface area contributed by atoms with Crippen molar-refractivity contribution in [2.75, 3.05) is 0 Å². The van der Waals surface area contributed by atoms with Crippen LogP contribution in [0.1, 0.15) is 47.0 Å². The Balaban J connectivity index is 5.05. The van der Waals surface area contributed by atoms with Crippen LogP contribution in [0.2, 0.25) is 0 Å². The molecule has 4 amide bonds. The Labute approximate surface area is 175 Å². The maximum absolute atomic E-state index is 12.6. The van der Waals surface area contributed by atoms with E-state index in [0.29, 0.717) is 0 Å². The van der Waals surface area contributed by atoms with Gasteiger partial charge in [-0.15, -0.1) is 0 Å². The van der Waals surface area contributed by atoms with Gasteiger partial charge in [0.25, 0.3) is 0 Å². The van der Waals surface area contributed by atoms with E-state index in [9.17, 15) is 29.1 Å². The van der Waals surface area contributed by atoms with Gasteiger partial charge in [0.2, 0.25) is 23.6 Å². The van der Waals surface area contributed by atoms with Crippen molar-refractivity contribution in [2.24, 2.45) is 17.4 Å². The minimum absolute atomic E-state index is 0.0126. The molecule has 172 valence electrons. The number of nitrogens with two attached hydrogens (primary N) is 2. The number of amides is 4. The van der Waals surface area contributed by atoms with Gasteiger partial charge in [0, 0.05) is 6.42 Å². The third kappa shape index (κ3) is 10.2. The van der Waals surface area contributed by atoms with Crippen molar-refractivity contribution in [1.82, 2.24) is 16.0 Å². The molecule has 12 heteroatoms. The monoisotopic (exact) mass is 431 g/mol. The number of carbonyl (C=O) groups is 5. The number of carboxylic acids is 1. The van der Waals surface area contributed by atoms with E-state index in [4.69, 9.17) is 16.6 Å². The van der Waals surface area contributed by atoms with E-state index >= 15 is 0 Å². The molecule has 0 radical (unpaired) electrons. The van der Waals surface area contributed by atoms with Crippen molar-refractivity contribution in [1.29, 1.82) is 0 Å². The predicted octanol–water partition coefficient (Wildman–Crippen LogP) is -2.43. The first-order valence-electron chi connectivity index (χ1n) is 9.62. The Morgan fingerprint density at radius 3 is 1.90 bits per heavy atom. The van der Waals surface area contributed by atoms with Gasteiger partial charge in [-0.25, -0.2) is 4.79 Å². The maximum atomic E-state index is 12.6. The topological polar surface area (TPSA) is 214 Å². The first-order chi connectivity index (χ1) is 13.8. The number of primary amides is 1. The van der Waals surface area contributed by atoms with Gasteiger partial charge >= 0.3 is 5.97 Å². The van der Waals surface area contributed by atoms with Crippen molar-refractivity contribution in [3.05, 3.63) is 0 Å². The van der Waals surface area contributed by atoms with Gasteiger partial charge in [-0.3, -0.25) is 19.2 Å². The molecule has 0 heterocycles. The van der Waals surface area contributed by atoms with Crippen LogP contribution in [0.25, 0.3) is 0 Å². The molecule has 0 aliphatic carbocycles. The van der Waals surface area contributed by atoms with E-state index in [1.165, 1.54) is 13.8 Å². The molecular weight excluding hydrogens is 398 g/mol. The molecule has 0 saturated carbocycles. The summed E-state index contributed by atoms with van der Waals surface area (Å²) in [6, 6.07) is -4.71. The zero-order chi connectivity index (χ0) is 23.6. The van der Waals surface area contributed by atoms with Crippen LogP contribution in [-0.2, 0) is 24.0 Å². The third-order valence-corrected chi connectivity index (χ3v) is 4.18. The molecule has 30 heavy (non-hydrogen) atoms. The molecular formula is C18H33N5O7. The largest absolute Gasteiger partial charge is 0.480 e. The molecule has 0 aromatic heterocycles. The molecule has 0 fully saturated rings. The lowest BCUT2D eigenvalue weighted by Gasteiger charge is -2.25. The van der Waals surface area contributed by atoms with E-state index in [1.807, 2.05) is 13.8 Å². The normalized spacial score (nSPS) is 16.0. The maximum Gasteiger partial charge on any atom is 0.328 e. The summed E-state index contributed by atoms with van der Waals surface area (Å²) >= 11 is 0. The van der Waals surface area contributed by atoms with Crippen molar-refractivity contribution < 1.29 is 34.2 Å². The minimum atomic E-state index is -1.54. The van der Waals surface area contributed by atoms with Gasteiger partial charge in [-0.05, 0) is 32.6 Å². The molecule has 0 bridgehead atoms. The number of aliphatic carboxylic acids is 1. The summed E-state index contributed by atoms with van der Waals surface area (Å²) in [7, 11) is 0. The SMILES string of the molecule is CC(C)CC(NC(=O)C(N)CCC(N)=O)C(=O)NC(C)C(=O)NC(C(=O)O)C(C)O. The molecule has 0 spiro atoms. The number of carboxylic acid groups (broad SMARTS) is 1. The Morgan fingerprint density at radius 1 is 0.900 bits per heavy atom. The lowest BCUT2D eigenvalue weighted by atomic mass is 10.0. The predicted molar refractivity (Wildman–Crippen MR) is 107 cm³/mol. The minimum Gasteiger partial charge on any atom is -0.480 e. The first kappa shape index (κ1) is 27.3. The van der Waals surface area contributed by atoms with Crippen LogP contribution in [-0.4, -0.2) is 70.1 Å². The summed E-state index contributed by atoms with van der Waals surface area (Å²) in [6.07, 6.45) is -1.16. The lowest BCUT2D eigenvalue weighted by molar-refractivity contribution is -0.145. The van der Waals surface area contributed by atoms with E-state index < -0.39 is 59.9 Å². The smallest absolute Gasteiger partial charge is 0.328 e. The van der Waals surface area contributed by atoms with Crippen molar-refractivity contribution in [3.63, 3.8) is 0 Å². The van der Waals surface area contributed by atoms with Crippen LogP contribution >= 0.6 is 0 Å². The highest BCUT2D eigenvalue weighted by Crippen LogP contribution is 2.07. The molecule has 5 unspecified atom stereocenters. The van der Waals surface area contributed by atoms with E-state index in [2.05, 4.69) is 16.0 Å². The second-order valence-corrected chi connectivity index (χ2v) is 7.60. The van der Waals surface area contributed by atoms with E-state index in [-0.39, 0.29) is 25.2 Å².